The van der Waals surface area contributed by atoms with Gasteiger partial charge in [-0.25, -0.2) is 9.10 Å². The summed E-state index contributed by atoms with van der Waals surface area (Å²) in [5.74, 6) is 2.86. The van der Waals surface area contributed by atoms with Crippen molar-refractivity contribution >= 4 is 18.0 Å². The number of carbonyl (C=O) groups excluding carboxylic acids is 1. The Morgan fingerprint density at radius 2 is 1.94 bits per heavy atom. The predicted molar refractivity (Wildman–Crippen MR) is 115 cm³/mol. The van der Waals surface area contributed by atoms with E-state index in [1.54, 1.807) is 11.2 Å². The summed E-state index contributed by atoms with van der Waals surface area (Å²) in [5.41, 5.74) is 0.197. The number of aryl methyl sites for hydroxylation is 1. The van der Waals surface area contributed by atoms with E-state index in [4.69, 9.17) is 18.6 Å². The zero-order valence-corrected chi connectivity index (χ0v) is 18.6. The lowest BCUT2D eigenvalue weighted by molar-refractivity contribution is 0.0394. The summed E-state index contributed by atoms with van der Waals surface area (Å²) in [7, 11) is 0. The molecule has 0 aliphatic carbocycles. The fourth-order valence-electron chi connectivity index (χ4n) is 2.83. The number of rotatable bonds is 3. The summed E-state index contributed by atoms with van der Waals surface area (Å²) in [5, 5.41) is 7.90. The van der Waals surface area contributed by atoms with Crippen LogP contribution in [0.3, 0.4) is 0 Å². The van der Waals surface area contributed by atoms with E-state index >= 15 is 0 Å². The van der Waals surface area contributed by atoms with Gasteiger partial charge in [0.25, 0.3) is 0 Å². The number of amides is 1. The third-order valence-electron chi connectivity index (χ3n) is 4.12. The van der Waals surface area contributed by atoms with Crippen LogP contribution in [-0.4, -0.2) is 39.3 Å². The molecule has 2 aromatic carbocycles. The molecule has 0 saturated carbocycles. The maximum absolute atomic E-state index is 12.5. The topological polar surface area (TPSA) is 86.9 Å². The third kappa shape index (κ3) is 5.29. The van der Waals surface area contributed by atoms with Crippen molar-refractivity contribution in [2.75, 3.05) is 13.2 Å². The Hall–Kier alpha value is -3.20. The minimum Gasteiger partial charge on any atom is -0.490 e. The molecule has 1 aliphatic heterocycles. The number of ether oxygens (including phenoxy) is 3. The largest absolute Gasteiger partial charge is 0.490 e. The number of nitrogens with zero attached hydrogens (tertiary/aromatic N) is 3. The summed E-state index contributed by atoms with van der Waals surface area (Å²) in [6.45, 7) is 8.06. The van der Waals surface area contributed by atoms with Crippen LogP contribution < -0.4 is 9.47 Å². The lowest BCUT2D eigenvalue weighted by atomic mass is 10.2. The van der Waals surface area contributed by atoms with Crippen LogP contribution in [0, 0.1) is 6.92 Å². The molecule has 31 heavy (non-hydrogen) atoms. The smallest absolute Gasteiger partial charge is 0.420 e. The number of fused-ring (bicyclic) bond motifs is 1. The molecule has 9 heteroatoms. The van der Waals surface area contributed by atoms with Gasteiger partial charge in [-0.15, -0.1) is 10.2 Å². The van der Waals surface area contributed by atoms with E-state index in [-0.39, 0.29) is 0 Å². The Bertz CT molecular complexity index is 1090. The van der Waals surface area contributed by atoms with Gasteiger partial charge >= 0.3 is 6.09 Å². The summed E-state index contributed by atoms with van der Waals surface area (Å²) in [6.07, 6.45) is -0.400. The van der Waals surface area contributed by atoms with E-state index in [0.29, 0.717) is 42.2 Å². The number of benzene rings is 2. The molecule has 0 saturated heterocycles. The van der Waals surface area contributed by atoms with Gasteiger partial charge in [0.05, 0.1) is 11.4 Å². The monoisotopic (exact) mass is 441 g/mol. The molecule has 2 heterocycles. The molecule has 1 amide bonds. The Labute approximate surface area is 184 Å². The molecule has 1 aliphatic rings. The van der Waals surface area contributed by atoms with E-state index in [1.165, 1.54) is 11.9 Å². The highest BCUT2D eigenvalue weighted by atomic mass is 32.2. The fourth-order valence-corrected chi connectivity index (χ4v) is 3.73. The third-order valence-corrected chi connectivity index (χ3v) is 5.18. The minimum atomic E-state index is -0.569. The van der Waals surface area contributed by atoms with Crippen molar-refractivity contribution in [2.45, 2.75) is 38.2 Å². The average molecular weight is 442 g/mol. The van der Waals surface area contributed by atoms with Gasteiger partial charge in [-0.1, -0.05) is 6.07 Å². The Balaban J connectivity index is 1.52. The van der Waals surface area contributed by atoms with Gasteiger partial charge in [0, 0.05) is 12.5 Å². The first-order valence-corrected chi connectivity index (χ1v) is 10.6. The maximum atomic E-state index is 12.5. The predicted octanol–water partition coefficient (Wildman–Crippen LogP) is 5.47. The van der Waals surface area contributed by atoms with Crippen LogP contribution in [0.25, 0.3) is 11.5 Å². The molecule has 3 aromatic rings. The van der Waals surface area contributed by atoms with Crippen molar-refractivity contribution in [1.29, 1.82) is 0 Å². The molecule has 0 radical (unpaired) electrons. The lowest BCUT2D eigenvalue weighted by Crippen LogP contribution is -2.34. The van der Waals surface area contributed by atoms with E-state index < -0.39 is 11.7 Å². The first kappa shape index (κ1) is 21.0. The summed E-state index contributed by atoms with van der Waals surface area (Å²) in [4.78, 5) is 13.3. The maximum Gasteiger partial charge on any atom is 0.420 e. The molecule has 8 nitrogen and oxygen atoms in total. The zero-order chi connectivity index (χ0) is 22.0. The van der Waals surface area contributed by atoms with Crippen LogP contribution in [0.4, 0.5) is 4.79 Å². The normalized spacial score (nSPS) is 13.7. The number of aromatic nitrogens is 2. The van der Waals surface area contributed by atoms with Gasteiger partial charge in [0.15, 0.2) is 0 Å². The Morgan fingerprint density at radius 1 is 1.13 bits per heavy atom. The highest BCUT2D eigenvalue weighted by Crippen LogP contribution is 2.38. The van der Waals surface area contributed by atoms with Crippen molar-refractivity contribution in [3.63, 3.8) is 0 Å². The molecule has 0 spiro atoms. The Kier molecular flexibility index (Phi) is 5.77. The summed E-state index contributed by atoms with van der Waals surface area (Å²) in [6, 6.07) is 12.9. The SMILES string of the molecule is Cc1nnc(-c2cccc(Oc3ccc4c(c3)SN(C(=O)OC(C)(C)C)CCO4)c2)o1. The average Bonchev–Trinajstić information content (AvgIpc) is 3.02. The van der Waals surface area contributed by atoms with Crippen molar-refractivity contribution in [3.05, 3.63) is 48.4 Å². The van der Waals surface area contributed by atoms with E-state index in [0.717, 1.165) is 10.5 Å². The van der Waals surface area contributed by atoms with Crippen LogP contribution in [-0.2, 0) is 4.74 Å². The molecule has 162 valence electrons. The van der Waals surface area contributed by atoms with Crippen LogP contribution in [0.2, 0.25) is 0 Å². The molecule has 0 N–H and O–H groups in total. The van der Waals surface area contributed by atoms with Gasteiger partial charge in [0.2, 0.25) is 11.8 Å². The number of carbonyl (C=O) groups is 1. The lowest BCUT2D eigenvalue weighted by Gasteiger charge is -2.25. The van der Waals surface area contributed by atoms with Crippen molar-refractivity contribution in [2.24, 2.45) is 0 Å². The van der Waals surface area contributed by atoms with Gasteiger partial charge < -0.3 is 18.6 Å². The van der Waals surface area contributed by atoms with Gasteiger partial charge in [-0.2, -0.15) is 0 Å². The fraction of sp³-hybridized carbons (Fsp3) is 0.318. The van der Waals surface area contributed by atoms with E-state index in [9.17, 15) is 4.79 Å². The first-order valence-electron chi connectivity index (χ1n) is 9.80. The summed E-state index contributed by atoms with van der Waals surface area (Å²) < 4.78 is 24.4. The number of hydrogen-bond donors (Lipinski definition) is 0. The van der Waals surface area contributed by atoms with Crippen molar-refractivity contribution < 1.29 is 23.4 Å². The molecule has 0 atom stereocenters. The molecule has 1 aromatic heterocycles. The van der Waals surface area contributed by atoms with Crippen LogP contribution in [0.1, 0.15) is 26.7 Å². The van der Waals surface area contributed by atoms with Crippen molar-refractivity contribution in [3.8, 4) is 28.7 Å². The molecule has 0 fully saturated rings. The van der Waals surface area contributed by atoms with E-state index in [1.807, 2.05) is 63.2 Å². The number of hydrogen-bond acceptors (Lipinski definition) is 8. The molecular weight excluding hydrogens is 418 g/mol. The highest BCUT2D eigenvalue weighted by molar-refractivity contribution is 7.97. The molecule has 0 bridgehead atoms. The standard InChI is InChI=1S/C22H23N3O5S/c1-14-23-24-20(28-14)15-6-5-7-16(12-15)29-17-8-9-18-19(13-17)31-25(10-11-27-18)21(26)30-22(2,3)4/h5-9,12-13H,10-11H2,1-4H3. The van der Waals surface area contributed by atoms with Crippen molar-refractivity contribution in [1.82, 2.24) is 14.5 Å². The molecule has 4 rings (SSSR count). The second-order valence-corrected chi connectivity index (χ2v) is 8.95. The second kappa shape index (κ2) is 8.50. The summed E-state index contributed by atoms with van der Waals surface area (Å²) >= 11 is 1.27. The first-order chi connectivity index (χ1) is 14.8. The minimum absolute atomic E-state index is 0.380. The molecular formula is C22H23N3O5S. The van der Waals surface area contributed by atoms with Gasteiger partial charge in [-0.3, -0.25) is 0 Å². The Morgan fingerprint density at radius 3 is 2.68 bits per heavy atom. The van der Waals surface area contributed by atoms with Gasteiger partial charge in [0.1, 0.15) is 29.5 Å². The highest BCUT2D eigenvalue weighted by Gasteiger charge is 2.26. The molecule has 0 unspecified atom stereocenters. The van der Waals surface area contributed by atoms with Gasteiger partial charge in [-0.05, 0) is 69.1 Å². The van der Waals surface area contributed by atoms with Crippen LogP contribution in [0.15, 0.2) is 51.8 Å². The zero-order valence-electron chi connectivity index (χ0n) is 17.7. The quantitative estimate of drug-likeness (QED) is 0.494. The van der Waals surface area contributed by atoms with E-state index in [2.05, 4.69) is 10.2 Å². The van der Waals surface area contributed by atoms with Crippen LogP contribution in [0.5, 0.6) is 17.2 Å². The second-order valence-electron chi connectivity index (χ2n) is 7.89. The van der Waals surface area contributed by atoms with Crippen LogP contribution >= 0.6 is 11.9 Å².